The molecule has 0 spiro atoms. The minimum absolute atomic E-state index is 0.223. The highest BCUT2D eigenvalue weighted by atomic mass is 32.2. The van der Waals surface area contributed by atoms with Gasteiger partial charge in [0.25, 0.3) is 10.0 Å². The van der Waals surface area contributed by atoms with E-state index < -0.39 is 10.0 Å². The van der Waals surface area contributed by atoms with Gasteiger partial charge in [-0.1, -0.05) is 41.7 Å². The molecule has 1 aromatic heterocycles. The van der Waals surface area contributed by atoms with Crippen LogP contribution in [0.3, 0.4) is 0 Å². The standard InChI is InChI=1S/C20H18N4O2S2/c1-24(2)13-21-20-22-18-12-16(8-10-19(18)27-20)23-28(25,26)17-9-7-14-5-3-4-6-15(14)11-17/h3-13,23H,1-2H3/b21-13+. The van der Waals surface area contributed by atoms with E-state index in [0.29, 0.717) is 16.3 Å². The quantitative estimate of drug-likeness (QED) is 0.389. The third-order valence-electron chi connectivity index (χ3n) is 4.06. The van der Waals surface area contributed by atoms with Gasteiger partial charge in [0, 0.05) is 14.1 Å². The molecule has 0 unspecified atom stereocenters. The number of anilines is 1. The second kappa shape index (κ2) is 7.21. The van der Waals surface area contributed by atoms with Crippen molar-refractivity contribution < 1.29 is 8.42 Å². The van der Waals surface area contributed by atoms with Crippen molar-refractivity contribution in [3.8, 4) is 0 Å². The molecule has 8 heteroatoms. The molecular weight excluding hydrogens is 392 g/mol. The number of aromatic nitrogens is 1. The van der Waals surface area contributed by atoms with Crippen LogP contribution in [0.15, 0.2) is 70.6 Å². The third-order valence-corrected chi connectivity index (χ3v) is 6.38. The number of hydrogen-bond acceptors (Lipinski definition) is 5. The maximum absolute atomic E-state index is 12.8. The van der Waals surface area contributed by atoms with E-state index in [1.807, 2.05) is 55.4 Å². The first-order chi connectivity index (χ1) is 13.4. The van der Waals surface area contributed by atoms with Crippen LogP contribution < -0.4 is 4.72 Å². The first-order valence-corrected chi connectivity index (χ1v) is 10.8. The molecule has 0 aliphatic heterocycles. The summed E-state index contributed by atoms with van der Waals surface area (Å²) in [5, 5.41) is 2.50. The van der Waals surface area contributed by atoms with E-state index in [0.717, 1.165) is 15.5 Å². The fraction of sp³-hybridized carbons (Fsp3) is 0.100. The van der Waals surface area contributed by atoms with Gasteiger partial charge >= 0.3 is 0 Å². The van der Waals surface area contributed by atoms with Crippen LogP contribution in [0.2, 0.25) is 0 Å². The molecule has 0 saturated carbocycles. The van der Waals surface area contributed by atoms with Gasteiger partial charge in [0.1, 0.15) is 0 Å². The second-order valence-electron chi connectivity index (χ2n) is 6.50. The van der Waals surface area contributed by atoms with E-state index in [-0.39, 0.29) is 4.90 Å². The molecule has 0 aliphatic rings. The summed E-state index contributed by atoms with van der Waals surface area (Å²) >= 11 is 1.45. The van der Waals surface area contributed by atoms with E-state index in [4.69, 9.17) is 0 Å². The van der Waals surface area contributed by atoms with Crippen LogP contribution in [-0.2, 0) is 10.0 Å². The molecule has 6 nitrogen and oxygen atoms in total. The van der Waals surface area contributed by atoms with Gasteiger partial charge in [-0.25, -0.2) is 18.4 Å². The summed E-state index contributed by atoms with van der Waals surface area (Å²) in [7, 11) is 0.0721. The van der Waals surface area contributed by atoms with Gasteiger partial charge in [-0.15, -0.1) is 0 Å². The Morgan fingerprint density at radius 1 is 1.04 bits per heavy atom. The van der Waals surface area contributed by atoms with Crippen molar-refractivity contribution >= 4 is 59.5 Å². The van der Waals surface area contributed by atoms with E-state index in [1.54, 1.807) is 30.6 Å². The Labute approximate surface area is 167 Å². The summed E-state index contributed by atoms with van der Waals surface area (Å²) < 4.78 is 29.2. The molecule has 0 atom stereocenters. The number of nitrogens with zero attached hydrogens (tertiary/aromatic N) is 3. The molecule has 4 aromatic rings. The Morgan fingerprint density at radius 2 is 1.82 bits per heavy atom. The summed E-state index contributed by atoms with van der Waals surface area (Å²) in [6.07, 6.45) is 1.68. The van der Waals surface area contributed by atoms with Gasteiger partial charge in [-0.05, 0) is 41.1 Å². The average molecular weight is 411 g/mol. The van der Waals surface area contributed by atoms with Crippen LogP contribution in [0.25, 0.3) is 21.0 Å². The number of thiazole rings is 1. The van der Waals surface area contributed by atoms with E-state index in [2.05, 4.69) is 14.7 Å². The van der Waals surface area contributed by atoms with Gasteiger partial charge in [0.05, 0.1) is 27.1 Å². The van der Waals surface area contributed by atoms with Gasteiger partial charge < -0.3 is 4.90 Å². The summed E-state index contributed by atoms with van der Waals surface area (Å²) in [4.78, 5) is 10.8. The highest BCUT2D eigenvalue weighted by Gasteiger charge is 2.15. The number of aliphatic imine (C=N–C) groups is 1. The molecule has 1 heterocycles. The molecule has 0 fully saturated rings. The lowest BCUT2D eigenvalue weighted by Gasteiger charge is -2.09. The normalized spacial score (nSPS) is 12.1. The first-order valence-electron chi connectivity index (χ1n) is 8.53. The summed E-state index contributed by atoms with van der Waals surface area (Å²) in [6, 6.07) is 18.1. The van der Waals surface area contributed by atoms with Gasteiger partial charge in [0.2, 0.25) is 5.13 Å². The van der Waals surface area contributed by atoms with Crippen LogP contribution in [0, 0.1) is 0 Å². The molecule has 0 aliphatic carbocycles. The van der Waals surface area contributed by atoms with E-state index in [9.17, 15) is 8.42 Å². The zero-order chi connectivity index (χ0) is 19.7. The predicted molar refractivity (Wildman–Crippen MR) is 116 cm³/mol. The topological polar surface area (TPSA) is 74.7 Å². The zero-order valence-corrected chi connectivity index (χ0v) is 17.0. The molecule has 28 heavy (non-hydrogen) atoms. The molecule has 1 N–H and O–H groups in total. The summed E-state index contributed by atoms with van der Waals surface area (Å²) in [5.74, 6) is 0. The van der Waals surface area contributed by atoms with Crippen LogP contribution in [0.5, 0.6) is 0 Å². The van der Waals surface area contributed by atoms with Crippen LogP contribution >= 0.6 is 11.3 Å². The Morgan fingerprint density at radius 3 is 2.61 bits per heavy atom. The summed E-state index contributed by atoms with van der Waals surface area (Å²) in [6.45, 7) is 0. The van der Waals surface area contributed by atoms with Gasteiger partial charge in [0.15, 0.2) is 0 Å². The Kier molecular flexibility index (Phi) is 4.74. The maximum Gasteiger partial charge on any atom is 0.261 e. The number of nitrogens with one attached hydrogen (secondary N) is 1. The Balaban J connectivity index is 1.63. The number of sulfonamides is 1. The maximum atomic E-state index is 12.8. The molecule has 3 aromatic carbocycles. The molecule has 4 rings (SSSR count). The van der Waals surface area contributed by atoms with Crippen molar-refractivity contribution in [3.63, 3.8) is 0 Å². The van der Waals surface area contributed by atoms with E-state index in [1.165, 1.54) is 11.3 Å². The third kappa shape index (κ3) is 3.83. The molecule has 0 saturated heterocycles. The van der Waals surface area contributed by atoms with Crippen molar-refractivity contribution in [2.75, 3.05) is 18.8 Å². The van der Waals surface area contributed by atoms with E-state index >= 15 is 0 Å². The summed E-state index contributed by atoms with van der Waals surface area (Å²) in [5.41, 5.74) is 1.17. The monoisotopic (exact) mass is 410 g/mol. The van der Waals surface area contributed by atoms with Crippen molar-refractivity contribution in [2.24, 2.45) is 4.99 Å². The zero-order valence-electron chi connectivity index (χ0n) is 15.3. The van der Waals surface area contributed by atoms with Crippen molar-refractivity contribution in [1.29, 1.82) is 0 Å². The van der Waals surface area contributed by atoms with Crippen molar-refractivity contribution in [3.05, 3.63) is 60.7 Å². The van der Waals surface area contributed by atoms with Gasteiger partial charge in [-0.3, -0.25) is 4.72 Å². The minimum Gasteiger partial charge on any atom is -0.369 e. The van der Waals surface area contributed by atoms with Crippen molar-refractivity contribution in [1.82, 2.24) is 9.88 Å². The molecule has 0 amide bonds. The Hall–Kier alpha value is -2.97. The first kappa shape index (κ1) is 18.4. The van der Waals surface area contributed by atoms with Gasteiger partial charge in [-0.2, -0.15) is 0 Å². The van der Waals surface area contributed by atoms with Crippen LogP contribution in [-0.4, -0.2) is 38.7 Å². The van der Waals surface area contributed by atoms with Crippen molar-refractivity contribution in [2.45, 2.75) is 4.90 Å². The number of hydrogen-bond donors (Lipinski definition) is 1. The molecule has 0 bridgehead atoms. The average Bonchev–Trinajstić information content (AvgIpc) is 3.08. The number of fused-ring (bicyclic) bond motifs is 2. The lowest BCUT2D eigenvalue weighted by atomic mass is 10.1. The SMILES string of the molecule is CN(C)/C=N/c1nc2cc(NS(=O)(=O)c3ccc4ccccc4c3)ccc2s1. The predicted octanol–water partition coefficient (Wildman–Crippen LogP) is 4.47. The molecule has 0 radical (unpaired) electrons. The smallest absolute Gasteiger partial charge is 0.261 e. The highest BCUT2D eigenvalue weighted by Crippen LogP contribution is 2.30. The fourth-order valence-electron chi connectivity index (χ4n) is 2.75. The van der Waals surface area contributed by atoms with Crippen LogP contribution in [0.1, 0.15) is 0 Å². The lowest BCUT2D eigenvalue weighted by molar-refractivity contribution is 0.601. The fourth-order valence-corrected chi connectivity index (χ4v) is 4.62. The second-order valence-corrected chi connectivity index (χ2v) is 9.19. The van der Waals surface area contributed by atoms with Crippen LogP contribution in [0.4, 0.5) is 10.8 Å². The number of benzene rings is 3. The largest absolute Gasteiger partial charge is 0.369 e. The number of rotatable bonds is 5. The minimum atomic E-state index is -3.70. The highest BCUT2D eigenvalue weighted by molar-refractivity contribution is 7.92. The molecular formula is C20H18N4O2S2. The lowest BCUT2D eigenvalue weighted by Crippen LogP contribution is -2.12. The molecule has 142 valence electrons. The Bertz CT molecular complexity index is 1290.